The van der Waals surface area contributed by atoms with Crippen LogP contribution in [0.15, 0.2) is 27.2 Å². The van der Waals surface area contributed by atoms with Gasteiger partial charge in [-0.2, -0.15) is 0 Å². The van der Waals surface area contributed by atoms with Gasteiger partial charge in [-0.1, -0.05) is 20.8 Å². The van der Waals surface area contributed by atoms with E-state index in [0.717, 1.165) is 0 Å². The van der Waals surface area contributed by atoms with Crippen LogP contribution in [0.2, 0.25) is 0 Å². The number of furan rings is 1. The summed E-state index contributed by atoms with van der Waals surface area (Å²) in [7, 11) is 0. The Kier molecular flexibility index (Phi) is 5.66. The van der Waals surface area contributed by atoms with Crippen LogP contribution < -0.4 is 5.32 Å². The summed E-state index contributed by atoms with van der Waals surface area (Å²) in [6.45, 7) is 7.80. The van der Waals surface area contributed by atoms with E-state index in [0.29, 0.717) is 35.9 Å². The molecule has 2 heterocycles. The summed E-state index contributed by atoms with van der Waals surface area (Å²) in [6, 6.07) is 2.51. The minimum atomic E-state index is -1.04. The number of carbonyl (C=O) groups is 2. The lowest BCUT2D eigenvalue weighted by Crippen LogP contribution is -2.42. The van der Waals surface area contributed by atoms with Crippen LogP contribution in [0.5, 0.6) is 0 Å². The normalized spacial score (nSPS) is 12.8. The number of aryl methyl sites for hydroxylation is 1. The van der Waals surface area contributed by atoms with E-state index < -0.39 is 17.9 Å². The minimum absolute atomic E-state index is 0.000921. The molecule has 7 heteroatoms. The van der Waals surface area contributed by atoms with E-state index in [-0.39, 0.29) is 11.8 Å². The molecule has 0 bridgehead atoms. The first-order valence-electron chi connectivity index (χ1n) is 8.18. The van der Waals surface area contributed by atoms with Gasteiger partial charge in [-0.3, -0.25) is 4.79 Å². The van der Waals surface area contributed by atoms with Crippen molar-refractivity contribution in [3.63, 3.8) is 0 Å². The molecule has 0 aliphatic rings. The van der Waals surface area contributed by atoms with Crippen LogP contribution in [0.25, 0.3) is 11.7 Å². The number of hydrogen-bond acceptors (Lipinski definition) is 5. The number of hydrogen-bond donors (Lipinski definition) is 2. The Hall–Kier alpha value is -2.57. The van der Waals surface area contributed by atoms with Gasteiger partial charge in [-0.15, -0.1) is 0 Å². The standard InChI is InChI=1S/C18H24N2O5/c1-11-13(20-16(25-11)14-6-5-9-24-14)10-15(21)19-12(17(22)23)7-8-18(2,3)4/h5-6,9,12H,7-8,10H2,1-4H3,(H,19,21)(H,22,23). The molecule has 136 valence electrons. The molecular formula is C18H24N2O5. The van der Waals surface area contributed by atoms with Crippen molar-refractivity contribution in [3.8, 4) is 11.7 Å². The number of carboxylic acid groups (broad SMARTS) is 1. The highest BCUT2D eigenvalue weighted by Crippen LogP contribution is 2.23. The number of nitrogens with one attached hydrogen (secondary N) is 1. The van der Waals surface area contributed by atoms with E-state index >= 15 is 0 Å². The van der Waals surface area contributed by atoms with Gasteiger partial charge in [0, 0.05) is 0 Å². The average Bonchev–Trinajstić information content (AvgIpc) is 3.12. The molecule has 7 nitrogen and oxygen atoms in total. The van der Waals surface area contributed by atoms with Gasteiger partial charge in [0.05, 0.1) is 18.4 Å². The molecule has 0 saturated carbocycles. The van der Waals surface area contributed by atoms with Crippen molar-refractivity contribution >= 4 is 11.9 Å². The van der Waals surface area contributed by atoms with Crippen molar-refractivity contribution in [1.82, 2.24) is 10.3 Å². The fraction of sp³-hybridized carbons (Fsp3) is 0.500. The summed E-state index contributed by atoms with van der Waals surface area (Å²) in [5.41, 5.74) is 0.461. The van der Waals surface area contributed by atoms with Gasteiger partial charge >= 0.3 is 5.97 Å². The quantitative estimate of drug-likeness (QED) is 0.796. The Balaban J connectivity index is 2.00. The van der Waals surface area contributed by atoms with E-state index in [1.165, 1.54) is 6.26 Å². The number of carbonyl (C=O) groups excluding carboxylic acids is 1. The molecule has 1 atom stereocenters. The van der Waals surface area contributed by atoms with Crippen molar-refractivity contribution in [3.05, 3.63) is 29.9 Å². The van der Waals surface area contributed by atoms with Crippen molar-refractivity contribution in [2.75, 3.05) is 0 Å². The van der Waals surface area contributed by atoms with Gasteiger partial charge in [0.2, 0.25) is 5.91 Å². The summed E-state index contributed by atoms with van der Waals surface area (Å²) in [4.78, 5) is 27.9. The van der Waals surface area contributed by atoms with Crippen LogP contribution in [0.4, 0.5) is 0 Å². The van der Waals surface area contributed by atoms with Gasteiger partial charge in [0.1, 0.15) is 11.8 Å². The molecule has 2 aromatic heterocycles. The Morgan fingerprint density at radius 1 is 1.36 bits per heavy atom. The molecule has 0 fully saturated rings. The molecule has 0 aliphatic heterocycles. The molecule has 0 spiro atoms. The summed E-state index contributed by atoms with van der Waals surface area (Å²) >= 11 is 0. The first-order valence-corrected chi connectivity index (χ1v) is 8.18. The topological polar surface area (TPSA) is 106 Å². The molecule has 1 amide bonds. The summed E-state index contributed by atoms with van der Waals surface area (Å²) in [6.07, 6.45) is 2.53. The van der Waals surface area contributed by atoms with E-state index in [1.807, 2.05) is 20.8 Å². The van der Waals surface area contributed by atoms with Crippen LogP contribution in [0.1, 0.15) is 45.1 Å². The highest BCUT2D eigenvalue weighted by molar-refractivity contribution is 5.84. The van der Waals surface area contributed by atoms with Gasteiger partial charge in [-0.25, -0.2) is 9.78 Å². The van der Waals surface area contributed by atoms with Crippen molar-refractivity contribution in [1.29, 1.82) is 0 Å². The fourth-order valence-corrected chi connectivity index (χ4v) is 2.33. The maximum atomic E-state index is 12.2. The van der Waals surface area contributed by atoms with Gasteiger partial charge in [0.15, 0.2) is 5.76 Å². The zero-order valence-electron chi connectivity index (χ0n) is 15.0. The largest absolute Gasteiger partial charge is 0.480 e. The highest BCUT2D eigenvalue weighted by atomic mass is 16.4. The molecule has 0 aromatic carbocycles. The van der Waals surface area contributed by atoms with E-state index in [2.05, 4.69) is 10.3 Å². The molecule has 1 unspecified atom stereocenters. The second-order valence-electron chi connectivity index (χ2n) is 7.23. The van der Waals surface area contributed by atoms with Crippen molar-refractivity contribution < 1.29 is 23.5 Å². The first-order chi connectivity index (χ1) is 11.7. The van der Waals surface area contributed by atoms with Crippen LogP contribution in [0.3, 0.4) is 0 Å². The zero-order valence-corrected chi connectivity index (χ0v) is 15.0. The second-order valence-corrected chi connectivity index (χ2v) is 7.23. The molecule has 0 saturated heterocycles. The molecule has 2 N–H and O–H groups in total. The lowest BCUT2D eigenvalue weighted by atomic mass is 9.88. The van der Waals surface area contributed by atoms with E-state index in [4.69, 9.17) is 8.83 Å². The average molecular weight is 348 g/mol. The predicted molar refractivity (Wildman–Crippen MR) is 90.9 cm³/mol. The number of carboxylic acids is 1. The van der Waals surface area contributed by atoms with E-state index in [1.54, 1.807) is 19.1 Å². The Bertz CT molecular complexity index is 725. The molecule has 2 rings (SSSR count). The Morgan fingerprint density at radius 3 is 2.64 bits per heavy atom. The summed E-state index contributed by atoms with van der Waals surface area (Å²) in [5, 5.41) is 11.9. The lowest BCUT2D eigenvalue weighted by molar-refractivity contribution is -0.142. The minimum Gasteiger partial charge on any atom is -0.480 e. The third-order valence-electron chi connectivity index (χ3n) is 3.77. The second kappa shape index (κ2) is 7.55. The zero-order chi connectivity index (χ0) is 18.6. The smallest absolute Gasteiger partial charge is 0.326 e. The lowest BCUT2D eigenvalue weighted by Gasteiger charge is -2.21. The Morgan fingerprint density at radius 2 is 2.08 bits per heavy atom. The molecule has 0 aliphatic carbocycles. The fourth-order valence-electron chi connectivity index (χ4n) is 2.33. The number of aromatic nitrogens is 1. The molecule has 0 radical (unpaired) electrons. The Labute approximate surface area is 146 Å². The molecule has 25 heavy (non-hydrogen) atoms. The first kappa shape index (κ1) is 18.8. The van der Waals surface area contributed by atoms with Gasteiger partial charge in [-0.05, 0) is 37.3 Å². The molecule has 2 aromatic rings. The van der Waals surface area contributed by atoms with Gasteiger partial charge in [0.25, 0.3) is 5.89 Å². The predicted octanol–water partition coefficient (Wildman–Crippen LogP) is 3.18. The molecular weight excluding hydrogens is 324 g/mol. The monoisotopic (exact) mass is 348 g/mol. The number of amides is 1. The maximum absolute atomic E-state index is 12.2. The number of aliphatic carboxylic acids is 1. The summed E-state index contributed by atoms with van der Waals surface area (Å²) < 4.78 is 10.7. The van der Waals surface area contributed by atoms with Crippen LogP contribution in [-0.2, 0) is 16.0 Å². The van der Waals surface area contributed by atoms with Crippen molar-refractivity contribution in [2.24, 2.45) is 5.41 Å². The van der Waals surface area contributed by atoms with E-state index in [9.17, 15) is 14.7 Å². The highest BCUT2D eigenvalue weighted by Gasteiger charge is 2.24. The third-order valence-corrected chi connectivity index (χ3v) is 3.77. The van der Waals surface area contributed by atoms with Crippen LogP contribution >= 0.6 is 0 Å². The van der Waals surface area contributed by atoms with Crippen LogP contribution in [0, 0.1) is 12.3 Å². The number of oxazole rings is 1. The number of nitrogens with zero attached hydrogens (tertiary/aromatic N) is 1. The summed E-state index contributed by atoms with van der Waals surface area (Å²) in [5.74, 6) is -0.159. The maximum Gasteiger partial charge on any atom is 0.326 e. The van der Waals surface area contributed by atoms with Gasteiger partial charge < -0.3 is 19.3 Å². The third kappa shape index (κ3) is 5.48. The SMILES string of the molecule is Cc1oc(-c2ccco2)nc1CC(=O)NC(CCC(C)(C)C)C(=O)O. The van der Waals surface area contributed by atoms with Crippen LogP contribution in [-0.4, -0.2) is 28.0 Å². The number of rotatable bonds is 7. The van der Waals surface area contributed by atoms with Crippen molar-refractivity contribution in [2.45, 2.75) is 53.0 Å².